The minimum atomic E-state index is -4.67. The highest BCUT2D eigenvalue weighted by atomic mass is 19.4. The van der Waals surface area contributed by atoms with Gasteiger partial charge in [-0.15, -0.1) is 13.2 Å². The van der Waals surface area contributed by atoms with Gasteiger partial charge in [-0.2, -0.15) is 0 Å². The maximum Gasteiger partial charge on any atom is 0.573 e. The summed E-state index contributed by atoms with van der Waals surface area (Å²) in [6, 6.07) is 5.81. The van der Waals surface area contributed by atoms with Crippen molar-refractivity contribution in [3.8, 4) is 5.75 Å². The molecule has 0 fully saturated rings. The second-order valence-corrected chi connectivity index (χ2v) is 3.78. The zero-order chi connectivity index (χ0) is 13.6. The molecule has 1 N–H and O–H groups in total. The number of benzene rings is 1. The molecular formula is C12H16F3NO2. The van der Waals surface area contributed by atoms with E-state index in [0.29, 0.717) is 12.3 Å². The molecule has 0 aromatic heterocycles. The molecule has 0 amide bonds. The van der Waals surface area contributed by atoms with Crippen LogP contribution < -0.4 is 10.1 Å². The Kier molecular flexibility index (Phi) is 5.27. The fraction of sp³-hybridized carbons (Fsp3) is 0.500. The fourth-order valence-corrected chi connectivity index (χ4v) is 1.48. The van der Waals surface area contributed by atoms with Gasteiger partial charge in [0.25, 0.3) is 0 Å². The van der Waals surface area contributed by atoms with E-state index in [9.17, 15) is 13.2 Å². The van der Waals surface area contributed by atoms with Crippen LogP contribution in [0.5, 0.6) is 5.75 Å². The summed E-state index contributed by atoms with van der Waals surface area (Å²) in [6.07, 6.45) is -3.87. The van der Waals surface area contributed by atoms with E-state index < -0.39 is 6.36 Å². The SMILES string of the molecule is CCC(COC)Nc1cccc(OC(F)(F)F)c1. The van der Waals surface area contributed by atoms with Crippen LogP contribution in [0.15, 0.2) is 24.3 Å². The number of hydrogen-bond donors (Lipinski definition) is 1. The Morgan fingerprint density at radius 1 is 1.33 bits per heavy atom. The monoisotopic (exact) mass is 263 g/mol. The fourth-order valence-electron chi connectivity index (χ4n) is 1.48. The van der Waals surface area contributed by atoms with E-state index in [2.05, 4.69) is 10.1 Å². The van der Waals surface area contributed by atoms with E-state index in [4.69, 9.17) is 4.74 Å². The molecule has 0 saturated carbocycles. The van der Waals surface area contributed by atoms with Gasteiger partial charge in [-0.25, -0.2) is 0 Å². The Balaban J connectivity index is 2.69. The minimum absolute atomic E-state index is 0.0520. The summed E-state index contributed by atoms with van der Waals surface area (Å²) < 4.78 is 45.0. The van der Waals surface area contributed by atoms with Gasteiger partial charge in [0.05, 0.1) is 6.61 Å². The first-order valence-electron chi connectivity index (χ1n) is 5.56. The van der Waals surface area contributed by atoms with Crippen LogP contribution in [0, 0.1) is 0 Å². The largest absolute Gasteiger partial charge is 0.573 e. The number of halogens is 3. The summed E-state index contributed by atoms with van der Waals surface area (Å²) in [5.41, 5.74) is 0.570. The summed E-state index contributed by atoms with van der Waals surface area (Å²) >= 11 is 0. The normalized spacial score (nSPS) is 13.2. The smallest absolute Gasteiger partial charge is 0.406 e. The lowest BCUT2D eigenvalue weighted by molar-refractivity contribution is -0.274. The molecule has 1 aromatic carbocycles. The maximum atomic E-state index is 12.1. The third-order valence-corrected chi connectivity index (χ3v) is 2.30. The molecule has 6 heteroatoms. The van der Waals surface area contributed by atoms with Gasteiger partial charge in [0, 0.05) is 24.9 Å². The average molecular weight is 263 g/mol. The van der Waals surface area contributed by atoms with Gasteiger partial charge in [0.15, 0.2) is 0 Å². The molecule has 0 bridgehead atoms. The first-order chi connectivity index (χ1) is 8.44. The Morgan fingerprint density at radius 3 is 2.61 bits per heavy atom. The molecule has 0 radical (unpaired) electrons. The predicted molar refractivity (Wildman–Crippen MR) is 62.7 cm³/mol. The lowest BCUT2D eigenvalue weighted by Crippen LogP contribution is -2.24. The number of ether oxygens (including phenoxy) is 2. The minimum Gasteiger partial charge on any atom is -0.406 e. The average Bonchev–Trinajstić information content (AvgIpc) is 2.26. The number of alkyl halides is 3. The van der Waals surface area contributed by atoms with Gasteiger partial charge in [-0.1, -0.05) is 13.0 Å². The van der Waals surface area contributed by atoms with Crippen molar-refractivity contribution in [2.24, 2.45) is 0 Å². The van der Waals surface area contributed by atoms with Crippen molar-refractivity contribution in [2.75, 3.05) is 19.0 Å². The zero-order valence-corrected chi connectivity index (χ0v) is 10.3. The molecule has 0 aliphatic carbocycles. The zero-order valence-electron chi connectivity index (χ0n) is 10.3. The molecule has 0 saturated heterocycles. The lowest BCUT2D eigenvalue weighted by Gasteiger charge is -2.18. The van der Waals surface area contributed by atoms with Gasteiger partial charge in [0.2, 0.25) is 0 Å². The number of hydrogen-bond acceptors (Lipinski definition) is 3. The Bertz CT molecular complexity index is 369. The summed E-state index contributed by atoms with van der Waals surface area (Å²) in [4.78, 5) is 0. The van der Waals surface area contributed by atoms with Crippen molar-refractivity contribution in [3.63, 3.8) is 0 Å². The molecule has 0 spiro atoms. The quantitative estimate of drug-likeness (QED) is 0.853. The van der Waals surface area contributed by atoms with Crippen LogP contribution in [0.2, 0.25) is 0 Å². The van der Waals surface area contributed by atoms with Gasteiger partial charge in [-0.3, -0.25) is 0 Å². The maximum absolute atomic E-state index is 12.1. The lowest BCUT2D eigenvalue weighted by atomic mass is 10.2. The van der Waals surface area contributed by atoms with E-state index in [1.54, 1.807) is 13.2 Å². The molecule has 0 heterocycles. The molecule has 0 aliphatic heterocycles. The molecule has 102 valence electrons. The van der Waals surface area contributed by atoms with Crippen molar-refractivity contribution in [2.45, 2.75) is 25.7 Å². The van der Waals surface area contributed by atoms with Gasteiger partial charge >= 0.3 is 6.36 Å². The molecule has 1 rings (SSSR count). The predicted octanol–water partition coefficient (Wildman–Crippen LogP) is 3.42. The van der Waals surface area contributed by atoms with Crippen LogP contribution in [-0.4, -0.2) is 26.1 Å². The molecule has 18 heavy (non-hydrogen) atoms. The van der Waals surface area contributed by atoms with Crippen molar-refractivity contribution in [1.82, 2.24) is 0 Å². The number of rotatable bonds is 6. The topological polar surface area (TPSA) is 30.5 Å². The second kappa shape index (κ2) is 6.49. The molecular weight excluding hydrogens is 247 g/mol. The van der Waals surface area contributed by atoms with Gasteiger partial charge in [0.1, 0.15) is 5.75 Å². The second-order valence-electron chi connectivity index (χ2n) is 3.78. The molecule has 1 aromatic rings. The Hall–Kier alpha value is -1.43. The van der Waals surface area contributed by atoms with Crippen LogP contribution >= 0.6 is 0 Å². The number of methoxy groups -OCH3 is 1. The van der Waals surface area contributed by atoms with Crippen molar-refractivity contribution in [1.29, 1.82) is 0 Å². The highest BCUT2D eigenvalue weighted by molar-refractivity contribution is 5.48. The summed E-state index contributed by atoms with van der Waals surface area (Å²) in [5.74, 6) is -0.236. The number of anilines is 1. The third kappa shape index (κ3) is 5.27. The van der Waals surface area contributed by atoms with Crippen LogP contribution in [-0.2, 0) is 4.74 Å². The van der Waals surface area contributed by atoms with E-state index in [1.807, 2.05) is 6.92 Å². The van der Waals surface area contributed by atoms with E-state index in [1.165, 1.54) is 18.2 Å². The van der Waals surface area contributed by atoms with Crippen molar-refractivity contribution >= 4 is 5.69 Å². The Morgan fingerprint density at radius 2 is 2.06 bits per heavy atom. The highest BCUT2D eigenvalue weighted by Crippen LogP contribution is 2.25. The standard InChI is InChI=1S/C12H16F3NO2/c1-3-9(8-17-2)16-10-5-4-6-11(7-10)18-12(13,14)15/h4-7,9,16H,3,8H2,1-2H3. The first-order valence-corrected chi connectivity index (χ1v) is 5.56. The van der Waals surface area contributed by atoms with E-state index in [-0.39, 0.29) is 11.8 Å². The molecule has 1 unspecified atom stereocenters. The van der Waals surface area contributed by atoms with Crippen molar-refractivity contribution in [3.05, 3.63) is 24.3 Å². The summed E-state index contributed by atoms with van der Waals surface area (Å²) in [5, 5.41) is 3.08. The number of nitrogens with one attached hydrogen (secondary N) is 1. The Labute approximate surface area is 104 Å². The molecule has 0 aliphatic rings. The molecule has 1 atom stereocenters. The van der Waals surface area contributed by atoms with Gasteiger partial charge in [-0.05, 0) is 18.6 Å². The van der Waals surface area contributed by atoms with Gasteiger partial charge < -0.3 is 14.8 Å². The third-order valence-electron chi connectivity index (χ3n) is 2.30. The summed E-state index contributed by atoms with van der Waals surface area (Å²) in [7, 11) is 1.58. The highest BCUT2D eigenvalue weighted by Gasteiger charge is 2.31. The summed E-state index contributed by atoms with van der Waals surface area (Å²) in [6.45, 7) is 2.45. The van der Waals surface area contributed by atoms with E-state index in [0.717, 1.165) is 6.42 Å². The molecule has 3 nitrogen and oxygen atoms in total. The van der Waals surface area contributed by atoms with E-state index >= 15 is 0 Å². The van der Waals surface area contributed by atoms with Crippen molar-refractivity contribution < 1.29 is 22.6 Å². The van der Waals surface area contributed by atoms with Crippen LogP contribution in [0.3, 0.4) is 0 Å². The van der Waals surface area contributed by atoms with Crippen LogP contribution in [0.4, 0.5) is 18.9 Å². The first kappa shape index (κ1) is 14.6. The van der Waals surface area contributed by atoms with Crippen LogP contribution in [0.1, 0.15) is 13.3 Å². The van der Waals surface area contributed by atoms with Crippen LogP contribution in [0.25, 0.3) is 0 Å².